The Balaban J connectivity index is 1.22. The first-order valence-electron chi connectivity index (χ1n) is 13.5. The Morgan fingerprint density at radius 2 is 1.78 bits per heavy atom. The Kier molecular flexibility index (Phi) is 7.23. The first-order chi connectivity index (χ1) is 18.1. The average molecular weight is 538 g/mol. The molecule has 1 N–H and O–H groups in total. The number of benzene rings is 2. The molecule has 3 saturated heterocycles. The summed E-state index contributed by atoms with van der Waals surface area (Å²) in [5.74, 6) is 0. The van der Waals surface area contributed by atoms with Gasteiger partial charge < -0.3 is 18.8 Å². The molecule has 6 atom stereocenters. The van der Waals surface area contributed by atoms with Gasteiger partial charge in [-0.05, 0) is 25.3 Å². The Morgan fingerprint density at radius 3 is 2.41 bits per heavy atom. The van der Waals surface area contributed by atoms with E-state index in [0.29, 0.717) is 12.5 Å². The number of rotatable bonds is 8. The zero-order valence-corrected chi connectivity index (χ0v) is 23.4. The van der Waals surface area contributed by atoms with Crippen molar-refractivity contribution in [1.29, 1.82) is 0 Å². The predicted molar refractivity (Wildman–Crippen MR) is 149 cm³/mol. The van der Waals surface area contributed by atoms with Gasteiger partial charge in [0.25, 0.3) is 8.53 Å². The molecule has 0 spiro atoms. The molecular formula is C28H36N3O4PSi. The van der Waals surface area contributed by atoms with E-state index in [-0.39, 0.29) is 30.2 Å². The first-order valence-corrected chi connectivity index (χ1v) is 17.3. The van der Waals surface area contributed by atoms with E-state index < -0.39 is 16.6 Å². The van der Waals surface area contributed by atoms with Crippen LogP contribution >= 0.6 is 8.53 Å². The van der Waals surface area contributed by atoms with Crippen molar-refractivity contribution in [2.45, 2.75) is 75.8 Å². The number of fused-ring (bicyclic) bond motifs is 1. The predicted octanol–water partition coefficient (Wildman–Crippen LogP) is 4.24. The monoisotopic (exact) mass is 537 g/mol. The highest BCUT2D eigenvalue weighted by Crippen LogP contribution is 2.58. The average Bonchev–Trinajstić information content (AvgIpc) is 3.72. The van der Waals surface area contributed by atoms with Crippen molar-refractivity contribution in [3.8, 4) is 0 Å². The molecule has 1 unspecified atom stereocenters. The number of aromatic amines is 1. The molecule has 9 heteroatoms. The second-order valence-corrected chi connectivity index (χ2v) is 16.3. The van der Waals surface area contributed by atoms with E-state index in [9.17, 15) is 4.79 Å². The van der Waals surface area contributed by atoms with Crippen molar-refractivity contribution in [2.75, 3.05) is 6.54 Å². The number of nitrogens with zero attached hydrogens (tertiary/aromatic N) is 2. The molecular weight excluding hydrogens is 501 g/mol. The van der Waals surface area contributed by atoms with Crippen LogP contribution in [-0.2, 0) is 13.8 Å². The quantitative estimate of drug-likeness (QED) is 0.344. The van der Waals surface area contributed by atoms with Crippen LogP contribution in [0.2, 0.25) is 12.6 Å². The third-order valence-electron chi connectivity index (χ3n) is 8.36. The smallest absolute Gasteiger partial charge is 0.327 e. The number of imidazole rings is 1. The van der Waals surface area contributed by atoms with Gasteiger partial charge >= 0.3 is 5.69 Å². The van der Waals surface area contributed by atoms with Crippen LogP contribution in [0.5, 0.6) is 0 Å². The van der Waals surface area contributed by atoms with Gasteiger partial charge in [0.15, 0.2) is 0 Å². The topological polar surface area (TPSA) is 68.7 Å². The highest BCUT2D eigenvalue weighted by atomic mass is 31.2. The minimum absolute atomic E-state index is 0.0497. The fraction of sp³-hybridized carbons (Fsp3) is 0.464. The number of ether oxygens (including phenoxy) is 1. The molecule has 0 saturated carbocycles. The molecule has 37 heavy (non-hydrogen) atoms. The summed E-state index contributed by atoms with van der Waals surface area (Å²) in [7, 11) is -3.20. The summed E-state index contributed by atoms with van der Waals surface area (Å²) in [5.41, 5.74) is -0.144. The van der Waals surface area contributed by atoms with Crippen LogP contribution in [0.15, 0.2) is 77.9 Å². The maximum absolute atomic E-state index is 12.2. The van der Waals surface area contributed by atoms with Gasteiger partial charge in [0.1, 0.15) is 14.3 Å². The molecule has 4 heterocycles. The summed E-state index contributed by atoms with van der Waals surface area (Å²) in [6.45, 7) is 5.62. The highest BCUT2D eigenvalue weighted by Gasteiger charge is 2.51. The molecule has 0 aliphatic carbocycles. The summed E-state index contributed by atoms with van der Waals surface area (Å²) in [6.07, 6.45) is 6.95. The lowest BCUT2D eigenvalue weighted by Gasteiger charge is -2.32. The molecule has 0 radical (unpaired) electrons. The fourth-order valence-corrected chi connectivity index (χ4v) is 12.3. The van der Waals surface area contributed by atoms with E-state index in [1.54, 1.807) is 17.0 Å². The van der Waals surface area contributed by atoms with E-state index in [1.165, 1.54) is 16.8 Å². The van der Waals surface area contributed by atoms with Gasteiger partial charge in [0.05, 0.1) is 18.3 Å². The third-order valence-corrected chi connectivity index (χ3v) is 14.6. The van der Waals surface area contributed by atoms with Crippen LogP contribution in [0.3, 0.4) is 0 Å². The summed E-state index contributed by atoms with van der Waals surface area (Å²) >= 11 is 0. The van der Waals surface area contributed by atoms with Crippen LogP contribution in [0.1, 0.15) is 38.8 Å². The number of hydrogen-bond acceptors (Lipinski definition) is 5. The SMILES string of the molecule is CC[C@H]1O[C@@H](n2cc[nH]c2=O)CC1O[P@@]1O[C@H](C[Si](C)(c2ccccc2)c2ccccc2)[C@@H]2CCCN21. The maximum Gasteiger partial charge on any atom is 0.327 e. The minimum Gasteiger partial charge on any atom is -0.352 e. The molecule has 1 aromatic heterocycles. The van der Waals surface area contributed by atoms with E-state index in [4.69, 9.17) is 13.8 Å². The summed E-state index contributed by atoms with van der Waals surface area (Å²) in [5, 5.41) is 2.89. The van der Waals surface area contributed by atoms with Crippen LogP contribution in [0, 0.1) is 0 Å². The number of aromatic nitrogens is 2. The van der Waals surface area contributed by atoms with E-state index in [0.717, 1.165) is 25.4 Å². The number of hydrogen-bond donors (Lipinski definition) is 1. The van der Waals surface area contributed by atoms with Gasteiger partial charge in [0.2, 0.25) is 0 Å². The van der Waals surface area contributed by atoms with Gasteiger partial charge in [0, 0.05) is 31.4 Å². The van der Waals surface area contributed by atoms with Crippen LogP contribution in [-0.4, -0.2) is 53.2 Å². The first kappa shape index (κ1) is 25.2. The Morgan fingerprint density at radius 1 is 1.08 bits per heavy atom. The van der Waals surface area contributed by atoms with E-state index in [2.05, 4.69) is 83.8 Å². The number of nitrogens with one attached hydrogen (secondary N) is 1. The molecule has 7 nitrogen and oxygen atoms in total. The van der Waals surface area contributed by atoms with Gasteiger partial charge in [-0.3, -0.25) is 4.57 Å². The fourth-order valence-electron chi connectivity index (χ4n) is 6.30. The standard InChI is InChI=1S/C28H36N3O4PSi/c1-3-24-25(19-27(33-24)30-18-16-29-28(30)32)34-36-31-17-10-15-23(31)26(35-36)20-37(2,21-11-6-4-7-12-21)22-13-8-5-9-14-22/h4-9,11-14,16,18,23-27H,3,10,15,17,19-20H2,1-2H3,(H,29,32)/t23-,24+,25?,26+,27+,36-/m0/s1. The lowest BCUT2D eigenvalue weighted by atomic mass is 10.1. The lowest BCUT2D eigenvalue weighted by molar-refractivity contribution is -0.0180. The Bertz CT molecular complexity index is 1200. The maximum atomic E-state index is 12.2. The second-order valence-electron chi connectivity index (χ2n) is 10.6. The van der Waals surface area contributed by atoms with Crippen LogP contribution < -0.4 is 16.1 Å². The molecule has 196 valence electrons. The minimum atomic E-state index is -2.04. The molecule has 2 aromatic carbocycles. The summed E-state index contributed by atoms with van der Waals surface area (Å²) in [6, 6.07) is 23.5. The lowest BCUT2D eigenvalue weighted by Crippen LogP contribution is -2.58. The third kappa shape index (κ3) is 4.80. The Labute approximate surface area is 220 Å². The number of H-pyrrole nitrogens is 1. The van der Waals surface area contributed by atoms with Gasteiger partial charge in [-0.1, -0.05) is 84.5 Å². The van der Waals surface area contributed by atoms with Gasteiger partial charge in [-0.15, -0.1) is 0 Å². The molecule has 3 aliphatic heterocycles. The van der Waals surface area contributed by atoms with Crippen molar-refractivity contribution >= 4 is 27.0 Å². The van der Waals surface area contributed by atoms with Crippen LogP contribution in [0.4, 0.5) is 0 Å². The molecule has 0 amide bonds. The van der Waals surface area contributed by atoms with Crippen molar-refractivity contribution < 1.29 is 13.8 Å². The normalized spacial score (nSPS) is 30.1. The summed E-state index contributed by atoms with van der Waals surface area (Å²) < 4.78 is 24.0. The van der Waals surface area contributed by atoms with Crippen molar-refractivity contribution in [1.82, 2.24) is 14.2 Å². The molecule has 3 aliphatic rings. The second kappa shape index (κ2) is 10.6. The van der Waals surface area contributed by atoms with Crippen molar-refractivity contribution in [3.05, 3.63) is 83.5 Å². The zero-order chi connectivity index (χ0) is 25.4. The van der Waals surface area contributed by atoms with Crippen molar-refractivity contribution in [2.24, 2.45) is 0 Å². The van der Waals surface area contributed by atoms with Gasteiger partial charge in [-0.2, -0.15) is 0 Å². The molecule has 0 bridgehead atoms. The van der Waals surface area contributed by atoms with E-state index >= 15 is 0 Å². The molecule has 3 fully saturated rings. The highest BCUT2D eigenvalue weighted by molar-refractivity contribution is 7.45. The molecule has 6 rings (SSSR count). The van der Waals surface area contributed by atoms with Crippen LogP contribution in [0.25, 0.3) is 0 Å². The van der Waals surface area contributed by atoms with Crippen molar-refractivity contribution in [3.63, 3.8) is 0 Å². The summed E-state index contributed by atoms with van der Waals surface area (Å²) in [4.78, 5) is 14.9. The largest absolute Gasteiger partial charge is 0.352 e. The Hall–Kier alpha value is -2.06. The zero-order valence-electron chi connectivity index (χ0n) is 21.5. The molecule has 3 aromatic rings. The van der Waals surface area contributed by atoms with E-state index in [1.807, 2.05) is 0 Å². The van der Waals surface area contributed by atoms with Gasteiger partial charge in [-0.25, -0.2) is 9.46 Å².